The number of carbonyl (C=O) groups is 2. The minimum atomic E-state index is -4.35. The minimum Gasteiger partial charge on any atom is -0.354 e. The predicted octanol–water partition coefficient (Wildman–Crippen LogP) is 6.74. The van der Waals surface area contributed by atoms with Gasteiger partial charge in [-0.3, -0.25) is 13.9 Å². The van der Waals surface area contributed by atoms with Crippen LogP contribution in [-0.4, -0.2) is 44.3 Å². The number of nitrogens with one attached hydrogen (secondary N) is 1. The molecule has 45 heavy (non-hydrogen) atoms. The predicted molar refractivity (Wildman–Crippen MR) is 176 cm³/mol. The van der Waals surface area contributed by atoms with Crippen molar-refractivity contribution >= 4 is 50.7 Å². The Morgan fingerprint density at radius 1 is 0.822 bits per heavy atom. The van der Waals surface area contributed by atoms with Gasteiger partial charge in [-0.25, -0.2) is 12.8 Å². The third-order valence-electron chi connectivity index (χ3n) is 7.07. The number of carbonyl (C=O) groups excluding carboxylic acids is 2. The van der Waals surface area contributed by atoms with Gasteiger partial charge in [-0.15, -0.1) is 0 Å². The van der Waals surface area contributed by atoms with Crippen molar-refractivity contribution in [3.63, 3.8) is 0 Å². The van der Waals surface area contributed by atoms with Gasteiger partial charge in [-0.2, -0.15) is 0 Å². The molecule has 1 atom stereocenters. The number of hydrogen-bond acceptors (Lipinski definition) is 4. The molecule has 4 rings (SSSR count). The standard InChI is InChI=1S/C34H34Cl2FN3O4S/c1-24(2)21-38-34(42)32(20-25-10-5-3-6-11-25)39(22-29-30(35)14-9-15-31(29)36)33(41)23-40(27-12-7-4-8-13-27)45(43,44)28-18-16-26(37)17-19-28/h3-19,24,32H,20-23H2,1-2H3,(H,38,42)/t32-/m1/s1. The summed E-state index contributed by atoms with van der Waals surface area (Å²) in [5.41, 5.74) is 1.43. The first-order valence-electron chi connectivity index (χ1n) is 14.3. The van der Waals surface area contributed by atoms with Crippen LogP contribution in [0.15, 0.2) is 108 Å². The van der Waals surface area contributed by atoms with Crippen LogP contribution < -0.4 is 9.62 Å². The van der Waals surface area contributed by atoms with Gasteiger partial charge in [-0.1, -0.05) is 91.6 Å². The second-order valence-corrected chi connectivity index (χ2v) is 13.5. The molecule has 4 aromatic carbocycles. The normalized spacial score (nSPS) is 12.0. The molecular formula is C34H34Cl2FN3O4S. The number of hydrogen-bond donors (Lipinski definition) is 1. The van der Waals surface area contributed by atoms with Crippen LogP contribution in [0.5, 0.6) is 0 Å². The summed E-state index contributed by atoms with van der Waals surface area (Å²) in [5, 5.41) is 3.52. The smallest absolute Gasteiger partial charge is 0.264 e. The lowest BCUT2D eigenvalue weighted by Crippen LogP contribution is -2.53. The molecule has 0 saturated heterocycles. The van der Waals surface area contributed by atoms with Gasteiger partial charge in [0.15, 0.2) is 0 Å². The molecule has 0 spiro atoms. The third-order valence-corrected chi connectivity index (χ3v) is 9.57. The zero-order valence-corrected chi connectivity index (χ0v) is 27.2. The van der Waals surface area contributed by atoms with Gasteiger partial charge in [0.05, 0.1) is 10.6 Å². The van der Waals surface area contributed by atoms with Crippen LogP contribution in [0.4, 0.5) is 10.1 Å². The molecule has 0 aromatic heterocycles. The Hall–Kier alpha value is -3.92. The van der Waals surface area contributed by atoms with Crippen LogP contribution in [0, 0.1) is 11.7 Å². The molecule has 0 radical (unpaired) electrons. The Morgan fingerprint density at radius 2 is 1.40 bits per heavy atom. The summed E-state index contributed by atoms with van der Waals surface area (Å²) in [6.45, 7) is 3.46. The first-order valence-corrected chi connectivity index (χ1v) is 16.5. The average Bonchev–Trinajstić information content (AvgIpc) is 3.02. The van der Waals surface area contributed by atoms with E-state index in [9.17, 15) is 22.4 Å². The van der Waals surface area contributed by atoms with E-state index in [0.717, 1.165) is 34.1 Å². The fraction of sp³-hybridized carbons (Fsp3) is 0.235. The average molecular weight is 671 g/mol. The number of rotatable bonds is 13. The molecule has 7 nitrogen and oxygen atoms in total. The molecule has 0 saturated carbocycles. The van der Waals surface area contributed by atoms with E-state index in [4.69, 9.17) is 23.2 Å². The number of sulfonamides is 1. The van der Waals surface area contributed by atoms with Crippen LogP contribution >= 0.6 is 23.2 Å². The molecule has 4 aromatic rings. The Bertz CT molecular complexity index is 1690. The van der Waals surface area contributed by atoms with Crippen LogP contribution in [-0.2, 0) is 32.6 Å². The van der Waals surface area contributed by atoms with Gasteiger partial charge in [-0.05, 0) is 60.0 Å². The summed E-state index contributed by atoms with van der Waals surface area (Å²) in [5.74, 6) is -1.53. The monoisotopic (exact) mass is 669 g/mol. The van der Waals surface area contributed by atoms with Gasteiger partial charge in [0.25, 0.3) is 10.0 Å². The summed E-state index contributed by atoms with van der Waals surface area (Å²) in [6, 6.07) is 25.6. The highest BCUT2D eigenvalue weighted by atomic mass is 35.5. The maximum Gasteiger partial charge on any atom is 0.264 e. The van der Waals surface area contributed by atoms with Crippen molar-refractivity contribution in [3.8, 4) is 0 Å². The first kappa shape index (κ1) is 34.0. The minimum absolute atomic E-state index is 0.142. The summed E-state index contributed by atoms with van der Waals surface area (Å²) < 4.78 is 42.6. The van der Waals surface area contributed by atoms with Crippen LogP contribution in [0.25, 0.3) is 0 Å². The van der Waals surface area contributed by atoms with E-state index in [2.05, 4.69) is 5.32 Å². The zero-order chi connectivity index (χ0) is 32.6. The number of anilines is 1. The molecule has 0 heterocycles. The molecule has 0 aliphatic carbocycles. The fourth-order valence-corrected chi connectivity index (χ4v) is 6.62. The molecule has 0 unspecified atom stereocenters. The maximum atomic E-state index is 14.5. The third kappa shape index (κ3) is 8.84. The summed E-state index contributed by atoms with van der Waals surface area (Å²) in [7, 11) is -4.35. The summed E-state index contributed by atoms with van der Waals surface area (Å²) in [6.07, 6.45) is 0.147. The molecule has 0 aliphatic rings. The largest absolute Gasteiger partial charge is 0.354 e. The van der Waals surface area contributed by atoms with E-state index < -0.39 is 40.2 Å². The van der Waals surface area contributed by atoms with Crippen LogP contribution in [0.1, 0.15) is 25.0 Å². The van der Waals surface area contributed by atoms with E-state index in [1.165, 1.54) is 4.90 Å². The van der Waals surface area contributed by atoms with Crippen molar-refractivity contribution in [2.24, 2.45) is 5.92 Å². The lowest BCUT2D eigenvalue weighted by Gasteiger charge is -2.34. The van der Waals surface area contributed by atoms with Crippen molar-refractivity contribution in [1.29, 1.82) is 0 Å². The van der Waals surface area contributed by atoms with Crippen molar-refractivity contribution in [3.05, 3.63) is 130 Å². The van der Waals surface area contributed by atoms with Gasteiger partial charge in [0.1, 0.15) is 18.4 Å². The molecular weight excluding hydrogens is 636 g/mol. The van der Waals surface area contributed by atoms with Crippen LogP contribution in [0.2, 0.25) is 10.0 Å². The Kier molecular flexibility index (Phi) is 11.6. The molecule has 236 valence electrons. The highest BCUT2D eigenvalue weighted by Gasteiger charge is 2.35. The molecule has 0 fully saturated rings. The lowest BCUT2D eigenvalue weighted by atomic mass is 10.0. The first-order chi connectivity index (χ1) is 21.5. The number of para-hydroxylation sites is 1. The lowest BCUT2D eigenvalue weighted by molar-refractivity contribution is -0.140. The maximum absolute atomic E-state index is 14.5. The van der Waals surface area contributed by atoms with Gasteiger partial charge in [0.2, 0.25) is 11.8 Å². The van der Waals surface area contributed by atoms with E-state index >= 15 is 0 Å². The van der Waals surface area contributed by atoms with Gasteiger partial charge in [0, 0.05) is 35.1 Å². The number of amides is 2. The zero-order valence-electron chi connectivity index (χ0n) is 24.9. The second-order valence-electron chi connectivity index (χ2n) is 10.9. The Morgan fingerprint density at radius 3 is 1.98 bits per heavy atom. The molecule has 0 aliphatic heterocycles. The van der Waals surface area contributed by atoms with Crippen molar-refractivity contribution in [2.75, 3.05) is 17.4 Å². The van der Waals surface area contributed by atoms with Crippen molar-refractivity contribution in [2.45, 2.75) is 37.8 Å². The summed E-state index contributed by atoms with van der Waals surface area (Å²) >= 11 is 13.1. The van der Waals surface area contributed by atoms with E-state index in [-0.39, 0.29) is 29.5 Å². The Labute approximate surface area is 273 Å². The SMILES string of the molecule is CC(C)CNC(=O)[C@@H](Cc1ccccc1)N(Cc1c(Cl)cccc1Cl)C(=O)CN(c1ccccc1)S(=O)(=O)c1ccc(F)cc1. The second kappa shape index (κ2) is 15.4. The van der Waals surface area contributed by atoms with Crippen LogP contribution in [0.3, 0.4) is 0 Å². The highest BCUT2D eigenvalue weighted by molar-refractivity contribution is 7.92. The molecule has 11 heteroatoms. The number of halogens is 3. The number of nitrogens with zero attached hydrogens (tertiary/aromatic N) is 2. The van der Waals surface area contributed by atoms with Gasteiger partial charge >= 0.3 is 0 Å². The molecule has 0 bridgehead atoms. The van der Waals surface area contributed by atoms with E-state index in [0.29, 0.717) is 22.2 Å². The summed E-state index contributed by atoms with van der Waals surface area (Å²) in [4.78, 5) is 29.4. The van der Waals surface area contributed by atoms with Crippen molar-refractivity contribution < 1.29 is 22.4 Å². The Balaban J connectivity index is 1.81. The quantitative estimate of drug-likeness (QED) is 0.171. The highest BCUT2D eigenvalue weighted by Crippen LogP contribution is 2.29. The molecule has 1 N–H and O–H groups in total. The van der Waals surface area contributed by atoms with E-state index in [1.54, 1.807) is 48.5 Å². The fourth-order valence-electron chi connectivity index (χ4n) is 4.69. The topological polar surface area (TPSA) is 86.8 Å². The van der Waals surface area contributed by atoms with Gasteiger partial charge < -0.3 is 10.2 Å². The number of benzene rings is 4. The molecule has 2 amide bonds. The van der Waals surface area contributed by atoms with E-state index in [1.807, 2.05) is 44.2 Å². The van der Waals surface area contributed by atoms with Crippen molar-refractivity contribution in [1.82, 2.24) is 10.2 Å².